The van der Waals surface area contributed by atoms with Crippen LogP contribution in [0.3, 0.4) is 0 Å². The van der Waals surface area contributed by atoms with E-state index in [0.29, 0.717) is 16.5 Å². The van der Waals surface area contributed by atoms with Gasteiger partial charge in [0.2, 0.25) is 5.91 Å². The van der Waals surface area contributed by atoms with Crippen molar-refractivity contribution in [1.82, 2.24) is 9.88 Å². The summed E-state index contributed by atoms with van der Waals surface area (Å²) in [6.45, 7) is 0.753. The molecule has 1 aliphatic heterocycles. The molecule has 0 saturated carbocycles. The Bertz CT molecular complexity index is 423. The molecule has 3 N–H and O–H groups in total. The standard InChI is InChI=1S/C10H13ClN4O/c1-15-3-2-8(10(15)16)14-9-7(11)4-6(12)5-13-9/h4-5,8H,2-3,12H2,1H3,(H,13,14). The first kappa shape index (κ1) is 11.0. The van der Waals surface area contributed by atoms with Crippen LogP contribution in [0.4, 0.5) is 11.5 Å². The van der Waals surface area contributed by atoms with Crippen molar-refractivity contribution in [3.63, 3.8) is 0 Å². The molecule has 0 radical (unpaired) electrons. The molecule has 2 rings (SSSR count). The van der Waals surface area contributed by atoms with E-state index in [1.165, 1.54) is 6.20 Å². The molecule has 5 nitrogen and oxygen atoms in total. The van der Waals surface area contributed by atoms with Gasteiger partial charge < -0.3 is 16.0 Å². The molecule has 86 valence electrons. The minimum atomic E-state index is -0.237. The summed E-state index contributed by atoms with van der Waals surface area (Å²) in [5.41, 5.74) is 6.04. The lowest BCUT2D eigenvalue weighted by Crippen LogP contribution is -2.31. The van der Waals surface area contributed by atoms with Crippen molar-refractivity contribution < 1.29 is 4.79 Å². The number of hydrogen-bond donors (Lipinski definition) is 2. The van der Waals surface area contributed by atoms with Crippen molar-refractivity contribution in [2.45, 2.75) is 12.5 Å². The first-order valence-corrected chi connectivity index (χ1v) is 5.38. The van der Waals surface area contributed by atoms with Gasteiger partial charge in [-0.25, -0.2) is 4.98 Å². The molecule has 1 fully saturated rings. The normalized spacial score (nSPS) is 20.2. The fraction of sp³-hybridized carbons (Fsp3) is 0.400. The van der Waals surface area contributed by atoms with E-state index in [1.807, 2.05) is 0 Å². The first-order chi connectivity index (χ1) is 7.58. The third-order valence-electron chi connectivity index (χ3n) is 2.60. The number of pyridine rings is 1. The van der Waals surface area contributed by atoms with Crippen LogP contribution < -0.4 is 11.1 Å². The molecular weight excluding hydrogens is 228 g/mol. The maximum absolute atomic E-state index is 11.7. The van der Waals surface area contributed by atoms with Crippen LogP contribution in [-0.4, -0.2) is 35.4 Å². The molecule has 0 aromatic carbocycles. The summed E-state index contributed by atoms with van der Waals surface area (Å²) in [6, 6.07) is 1.37. The van der Waals surface area contributed by atoms with Crippen LogP contribution in [0.1, 0.15) is 6.42 Å². The Morgan fingerprint density at radius 2 is 2.44 bits per heavy atom. The average molecular weight is 241 g/mol. The largest absolute Gasteiger partial charge is 0.397 e. The SMILES string of the molecule is CN1CCC(Nc2ncc(N)cc2Cl)C1=O. The highest BCUT2D eigenvalue weighted by Crippen LogP contribution is 2.23. The Morgan fingerprint density at radius 3 is 3.00 bits per heavy atom. The van der Waals surface area contributed by atoms with Crippen LogP contribution in [0.25, 0.3) is 0 Å². The summed E-state index contributed by atoms with van der Waals surface area (Å²) in [4.78, 5) is 17.4. The predicted molar refractivity (Wildman–Crippen MR) is 63.3 cm³/mol. The van der Waals surface area contributed by atoms with Gasteiger partial charge >= 0.3 is 0 Å². The first-order valence-electron chi connectivity index (χ1n) is 5.00. The molecule has 16 heavy (non-hydrogen) atoms. The number of halogens is 1. The number of carbonyl (C=O) groups excluding carboxylic acids is 1. The number of nitrogens with two attached hydrogens (primary N) is 1. The molecule has 1 aliphatic rings. The zero-order valence-electron chi connectivity index (χ0n) is 8.90. The molecule has 1 unspecified atom stereocenters. The van der Waals surface area contributed by atoms with E-state index in [1.54, 1.807) is 18.0 Å². The summed E-state index contributed by atoms with van der Waals surface area (Å²) >= 11 is 5.96. The van der Waals surface area contributed by atoms with Crippen molar-refractivity contribution >= 4 is 29.0 Å². The Balaban J connectivity index is 2.12. The van der Waals surface area contributed by atoms with Crippen molar-refractivity contribution in [2.75, 3.05) is 24.6 Å². The summed E-state index contributed by atoms with van der Waals surface area (Å²) in [5.74, 6) is 0.569. The zero-order chi connectivity index (χ0) is 11.7. The second-order valence-corrected chi connectivity index (χ2v) is 4.25. The number of aromatic nitrogens is 1. The van der Waals surface area contributed by atoms with Gasteiger partial charge in [-0.05, 0) is 12.5 Å². The zero-order valence-corrected chi connectivity index (χ0v) is 9.66. The molecule has 1 aromatic rings. The molecule has 1 aromatic heterocycles. The summed E-state index contributed by atoms with van der Waals surface area (Å²) in [5, 5.41) is 3.46. The lowest BCUT2D eigenvalue weighted by atomic mass is 10.2. The summed E-state index contributed by atoms with van der Waals surface area (Å²) < 4.78 is 0. The van der Waals surface area contributed by atoms with Gasteiger partial charge in [-0.1, -0.05) is 11.6 Å². The van der Waals surface area contributed by atoms with Crippen LogP contribution in [0.5, 0.6) is 0 Å². The van der Waals surface area contributed by atoms with E-state index in [4.69, 9.17) is 17.3 Å². The van der Waals surface area contributed by atoms with E-state index < -0.39 is 0 Å². The van der Waals surface area contributed by atoms with Crippen molar-refractivity contribution in [3.8, 4) is 0 Å². The maximum atomic E-state index is 11.7. The van der Waals surface area contributed by atoms with E-state index >= 15 is 0 Å². The van der Waals surface area contributed by atoms with Crippen LogP contribution in [0.15, 0.2) is 12.3 Å². The van der Waals surface area contributed by atoms with Gasteiger partial charge in [0.05, 0.1) is 16.9 Å². The van der Waals surface area contributed by atoms with E-state index in [9.17, 15) is 4.79 Å². The lowest BCUT2D eigenvalue weighted by Gasteiger charge is -2.13. The van der Waals surface area contributed by atoms with Gasteiger partial charge in [-0.15, -0.1) is 0 Å². The Kier molecular flexibility index (Phi) is 2.87. The molecule has 0 spiro atoms. The topological polar surface area (TPSA) is 71.2 Å². The van der Waals surface area contributed by atoms with E-state index in [-0.39, 0.29) is 11.9 Å². The van der Waals surface area contributed by atoms with Gasteiger partial charge in [0, 0.05) is 13.6 Å². The minimum absolute atomic E-state index is 0.0645. The fourth-order valence-corrected chi connectivity index (χ4v) is 1.91. The molecule has 0 bridgehead atoms. The number of likely N-dealkylation sites (N-methyl/N-ethyl adjacent to an activating group) is 1. The number of carbonyl (C=O) groups is 1. The van der Waals surface area contributed by atoms with Crippen LogP contribution in [0.2, 0.25) is 5.02 Å². The lowest BCUT2D eigenvalue weighted by molar-refractivity contribution is -0.127. The van der Waals surface area contributed by atoms with Gasteiger partial charge in [-0.2, -0.15) is 0 Å². The number of amides is 1. The number of nitrogens with one attached hydrogen (secondary N) is 1. The van der Waals surface area contributed by atoms with Gasteiger partial charge in [0.1, 0.15) is 11.9 Å². The van der Waals surface area contributed by atoms with Crippen LogP contribution in [0, 0.1) is 0 Å². The van der Waals surface area contributed by atoms with Gasteiger partial charge in [-0.3, -0.25) is 4.79 Å². The predicted octanol–water partition coefficient (Wildman–Crippen LogP) is 0.960. The van der Waals surface area contributed by atoms with E-state index in [0.717, 1.165) is 13.0 Å². The Labute approximate surface area is 98.6 Å². The van der Waals surface area contributed by atoms with E-state index in [2.05, 4.69) is 10.3 Å². The number of likely N-dealkylation sites (tertiary alicyclic amines) is 1. The highest BCUT2D eigenvalue weighted by atomic mass is 35.5. The molecule has 1 atom stereocenters. The number of anilines is 2. The molecule has 1 saturated heterocycles. The van der Waals surface area contributed by atoms with Crippen LogP contribution in [-0.2, 0) is 4.79 Å². The van der Waals surface area contributed by atoms with Crippen molar-refractivity contribution in [2.24, 2.45) is 0 Å². The number of nitrogens with zero attached hydrogens (tertiary/aromatic N) is 2. The minimum Gasteiger partial charge on any atom is -0.397 e. The van der Waals surface area contributed by atoms with Gasteiger partial charge in [0.25, 0.3) is 0 Å². The van der Waals surface area contributed by atoms with Crippen molar-refractivity contribution in [1.29, 1.82) is 0 Å². The summed E-state index contributed by atoms with van der Waals surface area (Å²) in [7, 11) is 1.78. The monoisotopic (exact) mass is 240 g/mol. The third-order valence-corrected chi connectivity index (χ3v) is 2.89. The third kappa shape index (κ3) is 2.04. The molecular formula is C10H13ClN4O. The second-order valence-electron chi connectivity index (χ2n) is 3.84. The van der Waals surface area contributed by atoms with Crippen LogP contribution >= 0.6 is 11.6 Å². The molecule has 1 amide bonds. The average Bonchev–Trinajstić information content (AvgIpc) is 2.54. The van der Waals surface area contributed by atoms with Gasteiger partial charge in [0.15, 0.2) is 0 Å². The molecule has 2 heterocycles. The fourth-order valence-electron chi connectivity index (χ4n) is 1.68. The summed E-state index contributed by atoms with van der Waals surface area (Å²) in [6.07, 6.45) is 2.27. The maximum Gasteiger partial charge on any atom is 0.244 e. The molecule has 0 aliphatic carbocycles. The second kappa shape index (κ2) is 4.17. The number of rotatable bonds is 2. The Hall–Kier alpha value is -1.49. The smallest absolute Gasteiger partial charge is 0.244 e. The number of nitrogen functional groups attached to an aromatic ring is 1. The van der Waals surface area contributed by atoms with Crippen molar-refractivity contribution in [3.05, 3.63) is 17.3 Å². The number of hydrogen-bond acceptors (Lipinski definition) is 4. The highest BCUT2D eigenvalue weighted by molar-refractivity contribution is 6.33. The quantitative estimate of drug-likeness (QED) is 0.808. The molecule has 6 heteroatoms. The highest BCUT2D eigenvalue weighted by Gasteiger charge is 2.29. The Morgan fingerprint density at radius 1 is 1.69 bits per heavy atom.